The maximum Gasteiger partial charge on any atom is 0.228 e. The Labute approximate surface area is 148 Å². The minimum absolute atomic E-state index is 0.473. The number of anilines is 2. The molecule has 0 bridgehead atoms. The molecule has 0 saturated carbocycles. The summed E-state index contributed by atoms with van der Waals surface area (Å²) in [5, 5.41) is 0. The highest BCUT2D eigenvalue weighted by molar-refractivity contribution is 5.32. The van der Waals surface area contributed by atoms with Crippen molar-refractivity contribution >= 4 is 11.8 Å². The van der Waals surface area contributed by atoms with Crippen LogP contribution in [0.1, 0.15) is 25.1 Å². The van der Waals surface area contributed by atoms with E-state index in [9.17, 15) is 0 Å². The molecular formula is C17H25N7O. The Bertz CT molecular complexity index is 696. The first-order chi connectivity index (χ1) is 12.2. The van der Waals surface area contributed by atoms with Crippen LogP contribution < -0.4 is 15.4 Å². The molecule has 3 rings (SSSR count). The lowest BCUT2D eigenvalue weighted by Crippen LogP contribution is -2.33. The Morgan fingerprint density at radius 2 is 2.04 bits per heavy atom. The first kappa shape index (κ1) is 17.3. The van der Waals surface area contributed by atoms with Crippen LogP contribution in [0.25, 0.3) is 0 Å². The predicted molar refractivity (Wildman–Crippen MR) is 96.3 cm³/mol. The lowest BCUT2D eigenvalue weighted by molar-refractivity contribution is 0.212. The zero-order valence-corrected chi connectivity index (χ0v) is 14.8. The monoisotopic (exact) mass is 343 g/mol. The van der Waals surface area contributed by atoms with E-state index in [1.807, 2.05) is 0 Å². The second-order valence-corrected chi connectivity index (χ2v) is 6.28. The van der Waals surface area contributed by atoms with Gasteiger partial charge in [-0.1, -0.05) is 0 Å². The molecule has 3 heterocycles. The fourth-order valence-electron chi connectivity index (χ4n) is 3.16. The van der Waals surface area contributed by atoms with Crippen LogP contribution in [-0.4, -0.2) is 58.1 Å². The van der Waals surface area contributed by atoms with Gasteiger partial charge in [0.25, 0.3) is 0 Å². The Morgan fingerprint density at radius 3 is 2.84 bits per heavy atom. The van der Waals surface area contributed by atoms with Gasteiger partial charge in [0, 0.05) is 37.6 Å². The second-order valence-electron chi connectivity index (χ2n) is 6.28. The molecule has 1 unspecified atom stereocenters. The van der Waals surface area contributed by atoms with Crippen LogP contribution in [0.4, 0.5) is 11.8 Å². The summed E-state index contributed by atoms with van der Waals surface area (Å²) < 4.78 is 5.20. The number of methoxy groups -OCH3 is 1. The number of rotatable bonds is 5. The highest BCUT2D eigenvalue weighted by Crippen LogP contribution is 2.21. The molecule has 1 saturated heterocycles. The lowest BCUT2D eigenvalue weighted by Gasteiger charge is -2.26. The average molecular weight is 343 g/mol. The molecule has 134 valence electrons. The van der Waals surface area contributed by atoms with E-state index >= 15 is 0 Å². The van der Waals surface area contributed by atoms with E-state index in [4.69, 9.17) is 10.5 Å². The number of nitrogens with zero attached hydrogens (tertiary/aromatic N) is 6. The van der Waals surface area contributed by atoms with Crippen molar-refractivity contribution in [1.82, 2.24) is 24.8 Å². The van der Waals surface area contributed by atoms with E-state index in [1.54, 1.807) is 31.6 Å². The number of nitrogen functional groups attached to an aromatic ring is 1. The summed E-state index contributed by atoms with van der Waals surface area (Å²) in [6.45, 7) is 2.57. The molecule has 25 heavy (non-hydrogen) atoms. The normalized spacial score (nSPS) is 18.2. The van der Waals surface area contributed by atoms with Crippen LogP contribution in [0, 0.1) is 0 Å². The first-order valence-corrected chi connectivity index (χ1v) is 8.55. The zero-order chi connectivity index (χ0) is 17.6. The fourth-order valence-corrected chi connectivity index (χ4v) is 3.16. The molecular weight excluding hydrogens is 318 g/mol. The van der Waals surface area contributed by atoms with Gasteiger partial charge in [0.1, 0.15) is 11.6 Å². The summed E-state index contributed by atoms with van der Waals surface area (Å²) in [5.74, 6) is 2.61. The van der Waals surface area contributed by atoms with Gasteiger partial charge in [-0.25, -0.2) is 15.0 Å². The van der Waals surface area contributed by atoms with Crippen LogP contribution >= 0.6 is 0 Å². The third-order valence-corrected chi connectivity index (χ3v) is 4.55. The summed E-state index contributed by atoms with van der Waals surface area (Å²) >= 11 is 0. The highest BCUT2D eigenvalue weighted by atomic mass is 16.5. The summed E-state index contributed by atoms with van der Waals surface area (Å²) in [4.78, 5) is 22.0. The highest BCUT2D eigenvalue weighted by Gasteiger charge is 2.22. The largest absolute Gasteiger partial charge is 0.481 e. The van der Waals surface area contributed by atoms with E-state index in [-0.39, 0.29) is 0 Å². The standard InChI is InChI=1S/C17H25N7O/c1-23(12-15-19-8-5-14(18)21-15)13-4-3-10-24(11-7-13)17-20-9-6-16(22-17)25-2/h5-6,8-9,13H,3-4,7,10-12H2,1-2H3,(H2,18,19,21). The van der Waals surface area contributed by atoms with Crippen LogP contribution in [0.3, 0.4) is 0 Å². The summed E-state index contributed by atoms with van der Waals surface area (Å²) in [6, 6.07) is 3.95. The van der Waals surface area contributed by atoms with Gasteiger partial charge < -0.3 is 15.4 Å². The fraction of sp³-hybridized carbons (Fsp3) is 0.529. The molecule has 1 fully saturated rings. The van der Waals surface area contributed by atoms with E-state index in [2.05, 4.69) is 36.8 Å². The van der Waals surface area contributed by atoms with Gasteiger partial charge in [0.15, 0.2) is 0 Å². The van der Waals surface area contributed by atoms with Crippen molar-refractivity contribution in [2.24, 2.45) is 0 Å². The van der Waals surface area contributed by atoms with E-state index in [0.29, 0.717) is 24.3 Å². The van der Waals surface area contributed by atoms with Gasteiger partial charge in [0.2, 0.25) is 11.8 Å². The quantitative estimate of drug-likeness (QED) is 0.869. The number of nitrogens with two attached hydrogens (primary N) is 1. The van der Waals surface area contributed by atoms with Crippen molar-refractivity contribution in [2.45, 2.75) is 31.8 Å². The summed E-state index contributed by atoms with van der Waals surface area (Å²) in [5.41, 5.74) is 5.74. The van der Waals surface area contributed by atoms with Crippen molar-refractivity contribution < 1.29 is 4.74 Å². The molecule has 0 aliphatic carbocycles. The van der Waals surface area contributed by atoms with Crippen molar-refractivity contribution in [2.75, 3.05) is 37.9 Å². The van der Waals surface area contributed by atoms with Gasteiger partial charge in [-0.2, -0.15) is 4.98 Å². The molecule has 0 aromatic carbocycles. The molecule has 1 aliphatic rings. The third kappa shape index (κ3) is 4.54. The Kier molecular flexibility index (Phi) is 5.60. The van der Waals surface area contributed by atoms with Crippen molar-refractivity contribution in [3.05, 3.63) is 30.4 Å². The molecule has 0 amide bonds. The SMILES string of the molecule is COc1ccnc(N2CCCC(N(C)Cc3nccc(N)n3)CC2)n1. The van der Waals surface area contributed by atoms with Crippen LogP contribution in [0.2, 0.25) is 0 Å². The topological polar surface area (TPSA) is 93.3 Å². The van der Waals surface area contributed by atoms with Crippen LogP contribution in [0.5, 0.6) is 5.88 Å². The van der Waals surface area contributed by atoms with Crippen molar-refractivity contribution in [3.8, 4) is 5.88 Å². The predicted octanol–water partition coefficient (Wildman–Crippen LogP) is 1.35. The van der Waals surface area contributed by atoms with Gasteiger partial charge in [-0.3, -0.25) is 4.90 Å². The van der Waals surface area contributed by atoms with E-state index in [1.165, 1.54) is 0 Å². The minimum atomic E-state index is 0.473. The molecule has 0 radical (unpaired) electrons. The smallest absolute Gasteiger partial charge is 0.228 e. The van der Waals surface area contributed by atoms with Crippen LogP contribution in [0.15, 0.2) is 24.5 Å². The van der Waals surface area contributed by atoms with Gasteiger partial charge in [-0.05, 0) is 32.4 Å². The number of aromatic nitrogens is 4. The van der Waals surface area contributed by atoms with Crippen LogP contribution in [-0.2, 0) is 6.54 Å². The maximum atomic E-state index is 5.74. The Morgan fingerprint density at radius 1 is 1.20 bits per heavy atom. The Balaban J connectivity index is 1.60. The van der Waals surface area contributed by atoms with E-state index < -0.39 is 0 Å². The second kappa shape index (κ2) is 8.06. The number of ether oxygens (including phenoxy) is 1. The molecule has 1 aliphatic heterocycles. The average Bonchev–Trinajstić information content (AvgIpc) is 2.88. The Hall–Kier alpha value is -2.48. The van der Waals surface area contributed by atoms with Crippen molar-refractivity contribution in [1.29, 1.82) is 0 Å². The van der Waals surface area contributed by atoms with Crippen molar-refractivity contribution in [3.63, 3.8) is 0 Å². The van der Waals surface area contributed by atoms with E-state index in [0.717, 1.165) is 44.1 Å². The van der Waals surface area contributed by atoms with Gasteiger partial charge in [-0.15, -0.1) is 0 Å². The molecule has 8 nitrogen and oxygen atoms in total. The molecule has 8 heteroatoms. The summed E-state index contributed by atoms with van der Waals surface area (Å²) in [6.07, 6.45) is 6.71. The first-order valence-electron chi connectivity index (χ1n) is 8.55. The zero-order valence-electron chi connectivity index (χ0n) is 14.8. The van der Waals surface area contributed by atoms with Gasteiger partial charge >= 0.3 is 0 Å². The lowest BCUT2D eigenvalue weighted by atomic mass is 10.1. The molecule has 2 N–H and O–H groups in total. The third-order valence-electron chi connectivity index (χ3n) is 4.55. The molecule has 1 atom stereocenters. The molecule has 2 aromatic heterocycles. The number of hydrogen-bond acceptors (Lipinski definition) is 8. The molecule has 2 aromatic rings. The maximum absolute atomic E-state index is 5.74. The summed E-state index contributed by atoms with van der Waals surface area (Å²) in [7, 11) is 3.74. The minimum Gasteiger partial charge on any atom is -0.481 e. The molecule has 0 spiro atoms. The number of hydrogen-bond donors (Lipinski definition) is 1. The van der Waals surface area contributed by atoms with Gasteiger partial charge in [0.05, 0.1) is 13.7 Å².